The lowest BCUT2D eigenvalue weighted by molar-refractivity contribution is -0.137. The van der Waals surface area contributed by atoms with E-state index in [2.05, 4.69) is 13.8 Å². The van der Waals surface area contributed by atoms with E-state index >= 15 is 0 Å². The first-order valence-corrected chi connectivity index (χ1v) is 7.70. The molecule has 4 heteroatoms. The van der Waals surface area contributed by atoms with E-state index in [1.165, 1.54) is 12.8 Å². The lowest BCUT2D eigenvalue weighted by atomic mass is 9.84. The zero-order valence-corrected chi connectivity index (χ0v) is 12.6. The lowest BCUT2D eigenvalue weighted by Crippen LogP contribution is -2.25. The molecule has 118 valence electrons. The van der Waals surface area contributed by atoms with Crippen LogP contribution in [0.15, 0.2) is 24.3 Å². The van der Waals surface area contributed by atoms with Crippen LogP contribution >= 0.6 is 0 Å². The van der Waals surface area contributed by atoms with Crippen molar-refractivity contribution in [2.24, 2.45) is 11.8 Å². The zero-order chi connectivity index (χ0) is 15.5. The quantitative estimate of drug-likeness (QED) is 0.702. The molecule has 0 saturated carbocycles. The predicted molar refractivity (Wildman–Crippen MR) is 76.9 cm³/mol. The van der Waals surface area contributed by atoms with E-state index in [-0.39, 0.29) is 6.10 Å². The summed E-state index contributed by atoms with van der Waals surface area (Å²) in [5, 5.41) is 0. The van der Waals surface area contributed by atoms with E-state index in [0.29, 0.717) is 18.4 Å². The third kappa shape index (κ3) is 4.22. The SMILES string of the molecule is CCCC(C)C1CCC(c2ccc(C(F)(F)F)cc2)OC1. The van der Waals surface area contributed by atoms with Gasteiger partial charge in [0, 0.05) is 0 Å². The normalized spacial score (nSPS) is 24.8. The Morgan fingerprint density at radius 2 is 1.86 bits per heavy atom. The van der Waals surface area contributed by atoms with E-state index in [4.69, 9.17) is 4.74 Å². The second kappa shape index (κ2) is 6.82. The topological polar surface area (TPSA) is 9.23 Å². The van der Waals surface area contributed by atoms with Crippen molar-refractivity contribution in [3.8, 4) is 0 Å². The minimum absolute atomic E-state index is 0.0580. The molecule has 1 fully saturated rings. The fraction of sp³-hybridized carbons (Fsp3) is 0.647. The summed E-state index contributed by atoms with van der Waals surface area (Å²) in [5.74, 6) is 1.24. The Hall–Kier alpha value is -1.03. The molecule has 1 aromatic carbocycles. The Kier molecular flexibility index (Phi) is 5.31. The molecule has 3 atom stereocenters. The van der Waals surface area contributed by atoms with E-state index in [0.717, 1.165) is 30.5 Å². The highest BCUT2D eigenvalue weighted by atomic mass is 19.4. The molecule has 2 rings (SSSR count). The maximum absolute atomic E-state index is 12.5. The zero-order valence-electron chi connectivity index (χ0n) is 12.6. The first kappa shape index (κ1) is 16.3. The van der Waals surface area contributed by atoms with Crippen LogP contribution in [0.4, 0.5) is 13.2 Å². The lowest BCUT2D eigenvalue weighted by Gasteiger charge is -2.33. The molecule has 0 aliphatic carbocycles. The number of alkyl halides is 3. The number of halogens is 3. The minimum Gasteiger partial charge on any atom is -0.373 e. The van der Waals surface area contributed by atoms with Gasteiger partial charge in [-0.1, -0.05) is 38.8 Å². The van der Waals surface area contributed by atoms with Crippen molar-refractivity contribution in [1.82, 2.24) is 0 Å². The maximum atomic E-state index is 12.5. The highest BCUT2D eigenvalue weighted by Crippen LogP contribution is 2.36. The minimum atomic E-state index is -4.27. The van der Waals surface area contributed by atoms with Crippen molar-refractivity contribution in [2.45, 2.75) is 51.8 Å². The summed E-state index contributed by atoms with van der Waals surface area (Å²) >= 11 is 0. The number of benzene rings is 1. The average molecular weight is 300 g/mol. The van der Waals surface area contributed by atoms with Gasteiger partial charge in [-0.15, -0.1) is 0 Å². The Labute approximate surface area is 124 Å². The molecule has 0 N–H and O–H groups in total. The number of hydrogen-bond donors (Lipinski definition) is 0. The summed E-state index contributed by atoms with van der Waals surface area (Å²) in [4.78, 5) is 0. The van der Waals surface area contributed by atoms with Crippen molar-refractivity contribution in [1.29, 1.82) is 0 Å². The molecule has 0 aromatic heterocycles. The summed E-state index contributed by atoms with van der Waals surface area (Å²) in [6, 6.07) is 5.38. The molecule has 1 saturated heterocycles. The fourth-order valence-electron chi connectivity index (χ4n) is 3.06. The van der Waals surface area contributed by atoms with Gasteiger partial charge in [0.05, 0.1) is 18.3 Å². The Morgan fingerprint density at radius 3 is 2.33 bits per heavy atom. The summed E-state index contributed by atoms with van der Waals surface area (Å²) in [6.45, 7) is 5.16. The van der Waals surface area contributed by atoms with Gasteiger partial charge < -0.3 is 4.74 Å². The van der Waals surface area contributed by atoms with Gasteiger partial charge in [-0.3, -0.25) is 0 Å². The molecule has 0 amide bonds. The molecule has 3 unspecified atom stereocenters. The van der Waals surface area contributed by atoms with Crippen LogP contribution in [-0.4, -0.2) is 6.61 Å². The molecule has 21 heavy (non-hydrogen) atoms. The van der Waals surface area contributed by atoms with Gasteiger partial charge >= 0.3 is 6.18 Å². The second-order valence-corrected chi connectivity index (χ2v) is 6.05. The van der Waals surface area contributed by atoms with Gasteiger partial charge in [-0.05, 0) is 42.4 Å². The van der Waals surface area contributed by atoms with Gasteiger partial charge in [0.1, 0.15) is 0 Å². The second-order valence-electron chi connectivity index (χ2n) is 6.05. The average Bonchev–Trinajstić information content (AvgIpc) is 2.47. The number of hydrogen-bond acceptors (Lipinski definition) is 1. The smallest absolute Gasteiger partial charge is 0.373 e. The molecule has 1 aliphatic rings. The summed E-state index contributed by atoms with van der Waals surface area (Å²) in [7, 11) is 0. The predicted octanol–water partition coefficient (Wildman–Crippen LogP) is 5.61. The van der Waals surface area contributed by atoms with Crippen molar-refractivity contribution < 1.29 is 17.9 Å². The van der Waals surface area contributed by atoms with Crippen LogP contribution in [0.1, 0.15) is 56.8 Å². The van der Waals surface area contributed by atoms with Crippen LogP contribution in [0, 0.1) is 11.8 Å². The number of ether oxygens (including phenoxy) is 1. The third-order valence-electron chi connectivity index (χ3n) is 4.47. The van der Waals surface area contributed by atoms with Crippen LogP contribution in [0.25, 0.3) is 0 Å². The molecular weight excluding hydrogens is 277 g/mol. The largest absolute Gasteiger partial charge is 0.416 e. The molecule has 0 bridgehead atoms. The van der Waals surface area contributed by atoms with Crippen LogP contribution in [-0.2, 0) is 10.9 Å². The van der Waals surface area contributed by atoms with Gasteiger partial charge in [-0.2, -0.15) is 13.2 Å². The number of rotatable bonds is 4. The highest BCUT2D eigenvalue weighted by Gasteiger charge is 2.31. The molecule has 1 aromatic rings. The summed E-state index contributed by atoms with van der Waals surface area (Å²) < 4.78 is 43.5. The third-order valence-corrected chi connectivity index (χ3v) is 4.47. The Morgan fingerprint density at radius 1 is 1.19 bits per heavy atom. The van der Waals surface area contributed by atoms with Crippen LogP contribution < -0.4 is 0 Å². The van der Waals surface area contributed by atoms with Crippen LogP contribution in [0.2, 0.25) is 0 Å². The first-order valence-electron chi connectivity index (χ1n) is 7.70. The fourth-order valence-corrected chi connectivity index (χ4v) is 3.06. The first-order chi connectivity index (χ1) is 9.91. The van der Waals surface area contributed by atoms with E-state index in [1.54, 1.807) is 12.1 Å². The van der Waals surface area contributed by atoms with Gasteiger partial charge in [0.15, 0.2) is 0 Å². The van der Waals surface area contributed by atoms with Crippen molar-refractivity contribution in [2.75, 3.05) is 6.61 Å². The molecule has 0 spiro atoms. The maximum Gasteiger partial charge on any atom is 0.416 e. The molecule has 0 radical (unpaired) electrons. The van der Waals surface area contributed by atoms with E-state index in [1.807, 2.05) is 0 Å². The van der Waals surface area contributed by atoms with Gasteiger partial charge in [0.25, 0.3) is 0 Å². The Bertz CT molecular complexity index is 430. The van der Waals surface area contributed by atoms with Gasteiger partial charge in [-0.25, -0.2) is 0 Å². The molecule has 1 heterocycles. The van der Waals surface area contributed by atoms with Gasteiger partial charge in [0.2, 0.25) is 0 Å². The van der Waals surface area contributed by atoms with Crippen LogP contribution in [0.5, 0.6) is 0 Å². The highest BCUT2D eigenvalue weighted by molar-refractivity contribution is 5.26. The van der Waals surface area contributed by atoms with Crippen molar-refractivity contribution >= 4 is 0 Å². The summed E-state index contributed by atoms with van der Waals surface area (Å²) in [6.07, 6.45) is 0.0417. The van der Waals surface area contributed by atoms with E-state index < -0.39 is 11.7 Å². The summed E-state index contributed by atoms with van der Waals surface area (Å²) in [5.41, 5.74) is 0.251. The molecule has 1 aliphatic heterocycles. The Balaban J connectivity index is 1.93. The van der Waals surface area contributed by atoms with Crippen molar-refractivity contribution in [3.63, 3.8) is 0 Å². The van der Waals surface area contributed by atoms with Crippen LogP contribution in [0.3, 0.4) is 0 Å². The monoisotopic (exact) mass is 300 g/mol. The molecular formula is C17H23F3O. The molecule has 1 nitrogen and oxygen atoms in total. The standard InChI is InChI=1S/C17H23F3O/c1-3-4-12(2)14-7-10-16(21-11-14)13-5-8-15(9-6-13)17(18,19)20/h5-6,8-9,12,14,16H,3-4,7,10-11H2,1-2H3. The van der Waals surface area contributed by atoms with Crippen molar-refractivity contribution in [3.05, 3.63) is 35.4 Å². The van der Waals surface area contributed by atoms with E-state index in [9.17, 15) is 13.2 Å².